The summed E-state index contributed by atoms with van der Waals surface area (Å²) in [6, 6.07) is 8.98. The molecule has 2 aromatic carbocycles. The molecule has 2 rings (SSSR count). The SMILES string of the molecule is CCCNC(=O)c1ccc(Cl)cc1NCC(=O)Nc1cc([N+](=O)[O-])ccc1C. The lowest BCUT2D eigenvalue weighted by Crippen LogP contribution is -2.27. The third-order valence-electron chi connectivity index (χ3n) is 3.91. The number of nitrogens with one attached hydrogen (secondary N) is 3. The van der Waals surface area contributed by atoms with Gasteiger partial charge in [-0.3, -0.25) is 19.7 Å². The maximum Gasteiger partial charge on any atom is 0.271 e. The summed E-state index contributed by atoms with van der Waals surface area (Å²) in [4.78, 5) is 34.9. The van der Waals surface area contributed by atoms with Gasteiger partial charge in [0.15, 0.2) is 0 Å². The third-order valence-corrected chi connectivity index (χ3v) is 4.14. The van der Waals surface area contributed by atoms with Crippen LogP contribution in [0.5, 0.6) is 0 Å². The summed E-state index contributed by atoms with van der Waals surface area (Å²) >= 11 is 6.00. The third kappa shape index (κ3) is 5.68. The van der Waals surface area contributed by atoms with E-state index < -0.39 is 10.8 Å². The Kier molecular flexibility index (Phi) is 7.34. The van der Waals surface area contributed by atoms with Gasteiger partial charge in [0.1, 0.15) is 0 Å². The molecule has 0 saturated carbocycles. The molecule has 148 valence electrons. The average Bonchev–Trinajstić information content (AvgIpc) is 2.66. The molecule has 8 nitrogen and oxygen atoms in total. The highest BCUT2D eigenvalue weighted by atomic mass is 35.5. The average molecular weight is 405 g/mol. The van der Waals surface area contributed by atoms with Gasteiger partial charge in [0.25, 0.3) is 11.6 Å². The number of nitrogens with zero attached hydrogens (tertiary/aromatic N) is 1. The van der Waals surface area contributed by atoms with Crippen molar-refractivity contribution in [2.75, 3.05) is 23.7 Å². The van der Waals surface area contributed by atoms with Gasteiger partial charge >= 0.3 is 0 Å². The van der Waals surface area contributed by atoms with Crippen LogP contribution in [0, 0.1) is 17.0 Å². The lowest BCUT2D eigenvalue weighted by molar-refractivity contribution is -0.384. The van der Waals surface area contributed by atoms with E-state index in [0.29, 0.717) is 34.1 Å². The van der Waals surface area contributed by atoms with Crippen LogP contribution in [0.4, 0.5) is 17.1 Å². The highest BCUT2D eigenvalue weighted by Crippen LogP contribution is 2.23. The van der Waals surface area contributed by atoms with Crippen molar-refractivity contribution in [1.29, 1.82) is 0 Å². The van der Waals surface area contributed by atoms with Gasteiger partial charge in [0, 0.05) is 29.4 Å². The van der Waals surface area contributed by atoms with Crippen molar-refractivity contribution in [3.63, 3.8) is 0 Å². The van der Waals surface area contributed by atoms with Crippen LogP contribution in [0.2, 0.25) is 5.02 Å². The van der Waals surface area contributed by atoms with Crippen molar-refractivity contribution < 1.29 is 14.5 Å². The van der Waals surface area contributed by atoms with Gasteiger partial charge in [-0.2, -0.15) is 0 Å². The minimum atomic E-state index is -0.527. The maximum atomic E-state index is 12.3. The van der Waals surface area contributed by atoms with Crippen LogP contribution in [-0.2, 0) is 4.79 Å². The number of hydrogen-bond donors (Lipinski definition) is 3. The van der Waals surface area contributed by atoms with Crippen LogP contribution < -0.4 is 16.0 Å². The van der Waals surface area contributed by atoms with E-state index in [2.05, 4.69) is 16.0 Å². The first-order chi connectivity index (χ1) is 13.3. The summed E-state index contributed by atoms with van der Waals surface area (Å²) in [6.45, 7) is 4.07. The fourth-order valence-corrected chi connectivity index (χ4v) is 2.59. The number of anilines is 2. The number of hydrogen-bond acceptors (Lipinski definition) is 5. The number of amides is 2. The van der Waals surface area contributed by atoms with E-state index in [-0.39, 0.29) is 18.1 Å². The summed E-state index contributed by atoms with van der Waals surface area (Å²) in [6.07, 6.45) is 0.799. The number of carbonyl (C=O) groups is 2. The first-order valence-corrected chi connectivity index (χ1v) is 9.06. The molecule has 9 heteroatoms. The van der Waals surface area contributed by atoms with E-state index in [0.717, 1.165) is 6.42 Å². The molecular formula is C19H21ClN4O4. The van der Waals surface area contributed by atoms with Crippen LogP contribution in [0.1, 0.15) is 29.3 Å². The summed E-state index contributed by atoms with van der Waals surface area (Å²) < 4.78 is 0. The molecule has 2 amide bonds. The Morgan fingerprint density at radius 1 is 1.14 bits per heavy atom. The first-order valence-electron chi connectivity index (χ1n) is 8.68. The Balaban J connectivity index is 2.09. The lowest BCUT2D eigenvalue weighted by Gasteiger charge is -2.13. The molecule has 28 heavy (non-hydrogen) atoms. The molecule has 3 N–H and O–H groups in total. The number of rotatable bonds is 8. The van der Waals surface area contributed by atoms with E-state index in [1.54, 1.807) is 31.2 Å². The fraction of sp³-hybridized carbons (Fsp3) is 0.263. The predicted octanol–water partition coefficient (Wildman–Crippen LogP) is 3.75. The van der Waals surface area contributed by atoms with Crippen molar-refractivity contribution >= 4 is 40.5 Å². The molecule has 0 aliphatic rings. The Bertz CT molecular complexity index is 901. The number of aryl methyl sites for hydroxylation is 1. The largest absolute Gasteiger partial charge is 0.375 e. The minimum Gasteiger partial charge on any atom is -0.375 e. The van der Waals surface area contributed by atoms with Crippen LogP contribution in [0.3, 0.4) is 0 Å². The zero-order valence-electron chi connectivity index (χ0n) is 15.5. The van der Waals surface area contributed by atoms with Gasteiger partial charge in [0.2, 0.25) is 5.91 Å². The molecule has 0 aliphatic carbocycles. The van der Waals surface area contributed by atoms with Gasteiger partial charge in [0.05, 0.1) is 22.7 Å². The number of non-ortho nitro benzene ring substituents is 1. The van der Waals surface area contributed by atoms with E-state index in [9.17, 15) is 19.7 Å². The van der Waals surface area contributed by atoms with Crippen molar-refractivity contribution in [3.05, 3.63) is 62.7 Å². The summed E-state index contributed by atoms with van der Waals surface area (Å²) in [5, 5.41) is 19.6. The molecule has 0 fully saturated rings. The second kappa shape index (κ2) is 9.70. The fourth-order valence-electron chi connectivity index (χ4n) is 2.42. The number of benzene rings is 2. The molecule has 2 aromatic rings. The maximum absolute atomic E-state index is 12.3. The van der Waals surface area contributed by atoms with Crippen LogP contribution in [0.15, 0.2) is 36.4 Å². The molecule has 0 aliphatic heterocycles. The van der Waals surface area contributed by atoms with E-state index in [1.807, 2.05) is 6.92 Å². The molecule has 0 atom stereocenters. The Labute approximate surface area is 167 Å². The quantitative estimate of drug-likeness (QED) is 0.458. The number of nitro groups is 1. The predicted molar refractivity (Wildman–Crippen MR) is 109 cm³/mol. The van der Waals surface area contributed by atoms with E-state index in [1.165, 1.54) is 12.1 Å². The molecule has 0 bridgehead atoms. The molecule has 0 aromatic heterocycles. The lowest BCUT2D eigenvalue weighted by atomic mass is 10.1. The Morgan fingerprint density at radius 2 is 1.89 bits per heavy atom. The van der Waals surface area contributed by atoms with Gasteiger partial charge in [-0.1, -0.05) is 24.6 Å². The molecule has 0 heterocycles. The Hall–Kier alpha value is -3.13. The van der Waals surface area contributed by atoms with Crippen molar-refractivity contribution in [2.45, 2.75) is 20.3 Å². The van der Waals surface area contributed by atoms with Gasteiger partial charge in [-0.15, -0.1) is 0 Å². The zero-order valence-corrected chi connectivity index (χ0v) is 16.3. The van der Waals surface area contributed by atoms with Crippen molar-refractivity contribution in [1.82, 2.24) is 5.32 Å². The van der Waals surface area contributed by atoms with Gasteiger partial charge in [-0.25, -0.2) is 0 Å². The summed E-state index contributed by atoms with van der Waals surface area (Å²) in [7, 11) is 0. The van der Waals surface area contributed by atoms with Crippen molar-refractivity contribution in [2.24, 2.45) is 0 Å². The standard InChI is InChI=1S/C19H21ClN4O4/c1-3-8-21-19(26)15-7-5-13(20)9-17(15)22-11-18(25)23-16-10-14(24(27)28)6-4-12(16)2/h4-7,9-10,22H,3,8,11H2,1-2H3,(H,21,26)(H,23,25). The number of halogens is 1. The molecule has 0 spiro atoms. The second-order valence-electron chi connectivity index (χ2n) is 6.10. The highest BCUT2D eigenvalue weighted by Gasteiger charge is 2.14. The van der Waals surface area contributed by atoms with Gasteiger partial charge < -0.3 is 16.0 Å². The second-order valence-corrected chi connectivity index (χ2v) is 6.54. The highest BCUT2D eigenvalue weighted by molar-refractivity contribution is 6.31. The van der Waals surface area contributed by atoms with Crippen molar-refractivity contribution in [3.8, 4) is 0 Å². The van der Waals surface area contributed by atoms with Crippen LogP contribution in [-0.4, -0.2) is 29.8 Å². The minimum absolute atomic E-state index is 0.112. The van der Waals surface area contributed by atoms with Crippen LogP contribution >= 0.6 is 11.6 Å². The summed E-state index contributed by atoms with van der Waals surface area (Å²) in [5.41, 5.74) is 1.73. The molecular weight excluding hydrogens is 384 g/mol. The summed E-state index contributed by atoms with van der Waals surface area (Å²) in [5.74, 6) is -0.681. The Morgan fingerprint density at radius 3 is 2.57 bits per heavy atom. The smallest absolute Gasteiger partial charge is 0.271 e. The monoisotopic (exact) mass is 404 g/mol. The van der Waals surface area contributed by atoms with Crippen LogP contribution in [0.25, 0.3) is 0 Å². The zero-order chi connectivity index (χ0) is 20.7. The number of nitro benzene ring substituents is 1. The molecule has 0 unspecified atom stereocenters. The topological polar surface area (TPSA) is 113 Å². The van der Waals surface area contributed by atoms with E-state index >= 15 is 0 Å². The molecule has 0 radical (unpaired) electrons. The van der Waals surface area contributed by atoms with E-state index in [4.69, 9.17) is 11.6 Å². The van der Waals surface area contributed by atoms with Gasteiger partial charge in [-0.05, 0) is 37.1 Å². The molecule has 0 saturated heterocycles. The normalized spacial score (nSPS) is 10.2. The first kappa shape index (κ1) is 21.2. The number of carbonyl (C=O) groups excluding carboxylic acids is 2.